The van der Waals surface area contributed by atoms with Crippen molar-refractivity contribution >= 4 is 81.9 Å². The maximum absolute atomic E-state index is 14.6. The molecule has 1 fully saturated rings. The molecule has 0 unspecified atom stereocenters. The van der Waals surface area contributed by atoms with Crippen molar-refractivity contribution in [2.75, 3.05) is 19.6 Å². The van der Waals surface area contributed by atoms with Crippen molar-refractivity contribution in [1.29, 1.82) is 10.8 Å². The molecule has 1 aliphatic rings. The lowest BCUT2D eigenvalue weighted by molar-refractivity contribution is -0.136. The summed E-state index contributed by atoms with van der Waals surface area (Å²) in [4.78, 5) is 139. The number of hydrogen-bond donors (Lipinski definition) is 17. The van der Waals surface area contributed by atoms with E-state index in [0.717, 1.165) is 25.1 Å². The predicted molar refractivity (Wildman–Crippen MR) is 274 cm³/mol. The van der Waals surface area contributed by atoms with Crippen molar-refractivity contribution in [3.63, 3.8) is 0 Å². The Morgan fingerprint density at radius 1 is 0.727 bits per heavy atom. The maximum atomic E-state index is 14.6. The molecule has 4 rings (SSSR count). The molecule has 0 bridgehead atoms. The van der Waals surface area contributed by atoms with Crippen molar-refractivity contribution in [1.82, 2.24) is 58.2 Å². The molecule has 3 aromatic rings. The van der Waals surface area contributed by atoms with Gasteiger partial charge in [-0.05, 0) is 74.3 Å². The van der Waals surface area contributed by atoms with Gasteiger partial charge in [0, 0.05) is 62.9 Å². The summed E-state index contributed by atoms with van der Waals surface area (Å²) >= 11 is 0. The molecule has 29 heteroatoms. The van der Waals surface area contributed by atoms with Crippen LogP contribution in [0.5, 0.6) is 0 Å². The van der Waals surface area contributed by atoms with Crippen LogP contribution in [0.25, 0.3) is 10.9 Å². The van der Waals surface area contributed by atoms with E-state index in [4.69, 9.17) is 33.8 Å². The van der Waals surface area contributed by atoms with Crippen molar-refractivity contribution in [2.24, 2.45) is 22.9 Å². The number of guanidine groups is 2. The summed E-state index contributed by atoms with van der Waals surface area (Å²) in [6.45, 7) is 1.13. The third-order valence-electron chi connectivity index (χ3n) is 12.1. The highest BCUT2D eigenvalue weighted by Crippen LogP contribution is 2.20. The molecule has 27 nitrogen and oxygen atoms in total. The van der Waals surface area contributed by atoms with E-state index in [9.17, 15) is 56.7 Å². The fourth-order valence-corrected chi connectivity index (χ4v) is 8.18. The highest BCUT2D eigenvalue weighted by atomic mass is 19.2. The minimum Gasteiger partial charge on any atom is -0.370 e. The minimum absolute atomic E-state index is 0.000426. The third kappa shape index (κ3) is 20.4. The average Bonchev–Trinajstić information content (AvgIpc) is 3.77. The molecule has 7 atom stereocenters. The number of nitrogens with one attached hydrogen (secondary N) is 13. The van der Waals surface area contributed by atoms with Gasteiger partial charge in [0.25, 0.3) is 0 Å². The van der Waals surface area contributed by atoms with Crippen molar-refractivity contribution < 1.29 is 56.7 Å². The van der Waals surface area contributed by atoms with E-state index in [0.29, 0.717) is 16.5 Å². The Morgan fingerprint density at radius 2 is 1.34 bits per heavy atom. The first-order valence-corrected chi connectivity index (χ1v) is 24.6. The summed E-state index contributed by atoms with van der Waals surface area (Å²) in [7, 11) is 0. The molecule has 2 heterocycles. The summed E-state index contributed by atoms with van der Waals surface area (Å²) in [5.41, 5.74) is 23.2. The maximum Gasteiger partial charge on any atom is 0.243 e. The van der Waals surface area contributed by atoms with Crippen LogP contribution in [-0.4, -0.2) is 138 Å². The standard InChI is InChI=1S/C48H67F2N17O10/c1-24(68)61-32(9-5-17-58-47(53)54)41(72)63-33-10-4-16-57-39(70)15-14-31(40(52)71)62-45(76)36(21-26-23-60-30-8-3-2-7-27(26)30)66-42(73)34(11-6-18-59-48(55)56)64-44(75)35(20-25-12-13-28(49)29(50)19-25)65-46(77)37(22-38(51)69)67-43(33)74/h2-3,7-8,12-13,19,23,31-37,60H,4-6,9-11,14-18,20-22H2,1H3,(H2,51,69)(H2,52,71)(H,57,70)(H,61,68)(H,62,76)(H,63,72)(H,64,75)(H,65,77)(H,66,73)(H,67,74)(H4,53,54,58)(H4,55,56,59)/t31-,32-,33-,34-,35+,36-,37-/m0/s1. The second-order valence-electron chi connectivity index (χ2n) is 18.2. The summed E-state index contributed by atoms with van der Waals surface area (Å²) in [6, 6.07) is -1.35. The molecular weight excluding hydrogens is 1010 g/mol. The van der Waals surface area contributed by atoms with Gasteiger partial charge in [-0.2, -0.15) is 0 Å². The van der Waals surface area contributed by atoms with Crippen LogP contribution in [0.4, 0.5) is 8.78 Å². The number of aromatic nitrogens is 1. The molecule has 1 aliphatic heterocycles. The normalized spacial score (nSPS) is 20.8. The zero-order valence-electron chi connectivity index (χ0n) is 42.2. The van der Waals surface area contributed by atoms with E-state index < -0.39 is 132 Å². The number of benzene rings is 2. The smallest absolute Gasteiger partial charge is 0.243 e. The Kier molecular flexibility index (Phi) is 23.5. The molecule has 0 spiro atoms. The third-order valence-corrected chi connectivity index (χ3v) is 12.1. The lowest BCUT2D eigenvalue weighted by Gasteiger charge is -2.28. The van der Waals surface area contributed by atoms with Gasteiger partial charge in [0.15, 0.2) is 23.6 Å². The first kappa shape index (κ1) is 60.6. The molecule has 0 saturated carbocycles. The second kappa shape index (κ2) is 29.8. The lowest BCUT2D eigenvalue weighted by atomic mass is 10.0. The summed E-state index contributed by atoms with van der Waals surface area (Å²) in [5, 5.41) is 40.8. The van der Waals surface area contributed by atoms with Crippen LogP contribution in [-0.2, 0) is 60.8 Å². The Morgan fingerprint density at radius 3 is 1.99 bits per heavy atom. The first-order chi connectivity index (χ1) is 36.5. The molecule has 0 aliphatic carbocycles. The van der Waals surface area contributed by atoms with Crippen LogP contribution < -0.4 is 76.1 Å². The first-order valence-electron chi connectivity index (χ1n) is 24.6. The van der Waals surface area contributed by atoms with Crippen LogP contribution >= 0.6 is 0 Å². The second-order valence-corrected chi connectivity index (χ2v) is 18.2. The van der Waals surface area contributed by atoms with Gasteiger partial charge in [-0.3, -0.25) is 58.8 Å². The Labute approximate surface area is 440 Å². The van der Waals surface area contributed by atoms with Crippen LogP contribution in [0.2, 0.25) is 0 Å². The van der Waals surface area contributed by atoms with E-state index in [1.165, 1.54) is 0 Å². The van der Waals surface area contributed by atoms with Gasteiger partial charge in [0.05, 0.1) is 6.42 Å². The SMILES string of the molecule is CC(=O)N[C@@H](CCCNC(=N)N)C(=O)N[C@H]1CCCNC(=O)CC[C@@H](C(N)=O)NC(=O)[C@H](Cc2c[nH]c3ccccc23)NC(=O)[C@H](CCCNC(=N)N)NC(=O)[C@@H](Cc2ccc(F)c(F)c2)NC(=O)[C@H](CC(N)=O)NC1=O. The summed E-state index contributed by atoms with van der Waals surface area (Å²) in [5.74, 6) is -12.9. The number of carbonyl (C=O) groups excluding carboxylic acids is 10. The number of carbonyl (C=O) groups is 10. The Hall–Kier alpha value is -8.92. The predicted octanol–water partition coefficient (Wildman–Crippen LogP) is -3.78. The van der Waals surface area contributed by atoms with Gasteiger partial charge in [-0.1, -0.05) is 24.3 Å². The van der Waals surface area contributed by atoms with Crippen molar-refractivity contribution in [3.05, 3.63) is 71.4 Å². The largest absolute Gasteiger partial charge is 0.370 e. The summed E-state index contributed by atoms with van der Waals surface area (Å²) in [6.07, 6.45) is -1.08. The molecule has 77 heavy (non-hydrogen) atoms. The fraction of sp³-hybridized carbons (Fsp3) is 0.458. The minimum atomic E-state index is -1.89. The molecule has 418 valence electrons. The number of halogens is 2. The van der Waals surface area contributed by atoms with Gasteiger partial charge in [0.1, 0.15) is 42.3 Å². The number of rotatable bonds is 18. The van der Waals surface area contributed by atoms with Crippen LogP contribution in [0.15, 0.2) is 48.7 Å². The van der Waals surface area contributed by atoms with E-state index >= 15 is 0 Å². The number of H-pyrrole nitrogens is 1. The highest BCUT2D eigenvalue weighted by Gasteiger charge is 2.35. The number of fused-ring (bicyclic) bond motifs is 1. The Balaban J connectivity index is 1.80. The van der Waals surface area contributed by atoms with Gasteiger partial charge in [-0.25, -0.2) is 8.78 Å². The summed E-state index contributed by atoms with van der Waals surface area (Å²) < 4.78 is 28.8. The van der Waals surface area contributed by atoms with E-state index in [1.807, 2.05) is 0 Å². The van der Waals surface area contributed by atoms with E-state index in [2.05, 4.69) is 58.2 Å². The number of hydrogen-bond acceptors (Lipinski definition) is 12. The van der Waals surface area contributed by atoms with Crippen LogP contribution in [0, 0.1) is 22.5 Å². The number of aromatic amines is 1. The van der Waals surface area contributed by atoms with Crippen LogP contribution in [0.3, 0.4) is 0 Å². The number of nitrogens with two attached hydrogens (primary N) is 4. The molecule has 2 aromatic carbocycles. The quantitative estimate of drug-likeness (QED) is 0.0331. The van der Waals surface area contributed by atoms with Gasteiger partial charge in [-0.15, -0.1) is 0 Å². The monoisotopic (exact) mass is 1080 g/mol. The van der Waals surface area contributed by atoms with E-state index in [-0.39, 0.29) is 88.9 Å². The lowest BCUT2D eigenvalue weighted by Crippen LogP contribution is -2.61. The Bertz CT molecular complexity index is 2670. The zero-order chi connectivity index (χ0) is 56.8. The number of para-hydroxylation sites is 1. The topological polar surface area (TPSA) is 459 Å². The van der Waals surface area contributed by atoms with E-state index in [1.54, 1.807) is 30.5 Å². The van der Waals surface area contributed by atoms with Crippen molar-refractivity contribution in [3.8, 4) is 0 Å². The van der Waals surface area contributed by atoms with Gasteiger partial charge in [0.2, 0.25) is 59.1 Å². The zero-order valence-corrected chi connectivity index (χ0v) is 42.2. The van der Waals surface area contributed by atoms with Gasteiger partial charge < -0.3 is 81.1 Å². The molecule has 0 radical (unpaired) electrons. The van der Waals surface area contributed by atoms with Crippen molar-refractivity contribution in [2.45, 2.75) is 120 Å². The average molecular weight is 1080 g/mol. The van der Waals surface area contributed by atoms with Crippen LogP contribution in [0.1, 0.15) is 75.8 Å². The molecule has 21 N–H and O–H groups in total. The molecular formula is C48H67F2N17O10. The number of primary amides is 2. The molecule has 1 aromatic heterocycles. The molecule has 1 saturated heterocycles. The highest BCUT2D eigenvalue weighted by molar-refractivity contribution is 5.99. The molecule has 10 amide bonds. The fourth-order valence-electron chi connectivity index (χ4n) is 8.18. The van der Waals surface area contributed by atoms with Gasteiger partial charge >= 0.3 is 0 Å². The number of amides is 10.